The number of methoxy groups -OCH3 is 1. The van der Waals surface area contributed by atoms with E-state index in [4.69, 9.17) is 9.47 Å². The van der Waals surface area contributed by atoms with Crippen molar-refractivity contribution in [3.8, 4) is 17.1 Å². The minimum atomic E-state index is -1.47. The molecule has 0 spiro atoms. The number of pyridine rings is 1. The van der Waals surface area contributed by atoms with Crippen molar-refractivity contribution in [2.45, 2.75) is 38.0 Å². The lowest BCUT2D eigenvalue weighted by Crippen LogP contribution is -2.41. The zero-order valence-corrected chi connectivity index (χ0v) is 20.8. The number of halogens is 1. The second-order valence-electron chi connectivity index (χ2n) is 8.82. The number of aryl methyl sites for hydroxylation is 1. The second-order valence-corrected chi connectivity index (χ2v) is 8.82. The summed E-state index contributed by atoms with van der Waals surface area (Å²) in [5.74, 6) is 0.0795. The van der Waals surface area contributed by atoms with Gasteiger partial charge in [-0.2, -0.15) is 0 Å². The van der Waals surface area contributed by atoms with Crippen LogP contribution in [0.3, 0.4) is 0 Å². The van der Waals surface area contributed by atoms with E-state index in [1.165, 1.54) is 37.3 Å². The number of nitrogens with zero attached hydrogens (tertiary/aromatic N) is 5. The molecule has 1 saturated heterocycles. The van der Waals surface area contributed by atoms with E-state index in [0.717, 1.165) is 5.56 Å². The summed E-state index contributed by atoms with van der Waals surface area (Å²) in [6.45, 7) is 1.98. The van der Waals surface area contributed by atoms with Gasteiger partial charge in [-0.15, -0.1) is 0 Å². The van der Waals surface area contributed by atoms with Gasteiger partial charge >= 0.3 is 0 Å². The molecule has 1 aliphatic heterocycles. The van der Waals surface area contributed by atoms with E-state index in [1.54, 1.807) is 24.4 Å². The summed E-state index contributed by atoms with van der Waals surface area (Å²) in [6, 6.07) is 6.52. The zero-order valence-electron chi connectivity index (χ0n) is 20.8. The molecule has 4 aromatic rings. The van der Waals surface area contributed by atoms with Crippen LogP contribution in [0.25, 0.3) is 22.6 Å². The van der Waals surface area contributed by atoms with Crippen LogP contribution >= 0.6 is 0 Å². The molecule has 4 heterocycles. The molecule has 0 bridgehead atoms. The van der Waals surface area contributed by atoms with E-state index in [2.05, 4.69) is 30.6 Å². The maximum atomic E-state index is 14.4. The molecule has 12 nitrogen and oxygen atoms in total. The van der Waals surface area contributed by atoms with Crippen LogP contribution in [0, 0.1) is 12.7 Å². The Bertz CT molecular complexity index is 1500. The van der Waals surface area contributed by atoms with Crippen LogP contribution in [0.4, 0.5) is 10.2 Å². The molecule has 1 aromatic carbocycles. The van der Waals surface area contributed by atoms with Gasteiger partial charge in [0.2, 0.25) is 0 Å². The molecule has 38 heavy (non-hydrogen) atoms. The van der Waals surface area contributed by atoms with E-state index in [-0.39, 0.29) is 23.8 Å². The fraction of sp³-hybridized carbons (Fsp3) is 0.320. The van der Waals surface area contributed by atoms with Crippen LogP contribution in [-0.2, 0) is 16.1 Å². The number of imidazole rings is 1. The molecule has 1 aliphatic rings. The summed E-state index contributed by atoms with van der Waals surface area (Å²) in [7, 11) is 2.91. The summed E-state index contributed by atoms with van der Waals surface area (Å²) >= 11 is 0. The number of likely N-dealkylation sites (N-methyl/N-ethyl adjacent to an activating group) is 1. The number of aromatic nitrogens is 5. The van der Waals surface area contributed by atoms with Crippen molar-refractivity contribution >= 4 is 22.9 Å². The van der Waals surface area contributed by atoms with Gasteiger partial charge in [0, 0.05) is 30.9 Å². The summed E-state index contributed by atoms with van der Waals surface area (Å²) < 4.78 is 26.8. The van der Waals surface area contributed by atoms with E-state index >= 15 is 0 Å². The predicted molar refractivity (Wildman–Crippen MR) is 134 cm³/mol. The first-order valence-electron chi connectivity index (χ1n) is 11.8. The van der Waals surface area contributed by atoms with Gasteiger partial charge in [-0.25, -0.2) is 19.3 Å². The fourth-order valence-electron chi connectivity index (χ4n) is 4.27. The lowest BCUT2D eigenvalue weighted by atomic mass is 10.1. The van der Waals surface area contributed by atoms with Crippen molar-refractivity contribution in [2.75, 3.05) is 19.5 Å². The molecule has 4 atom stereocenters. The molecule has 0 saturated carbocycles. The average Bonchev–Trinajstić information content (AvgIpc) is 3.49. The second kappa shape index (κ2) is 10.3. The van der Waals surface area contributed by atoms with E-state index < -0.39 is 30.4 Å². The average molecular weight is 524 g/mol. The molecular formula is C25H26FN7O5. The Hall–Kier alpha value is -4.20. The van der Waals surface area contributed by atoms with E-state index in [1.807, 2.05) is 6.92 Å². The highest BCUT2D eigenvalue weighted by atomic mass is 19.1. The highest BCUT2D eigenvalue weighted by Crippen LogP contribution is 2.34. The third-order valence-corrected chi connectivity index (χ3v) is 6.29. The monoisotopic (exact) mass is 523 g/mol. The molecular weight excluding hydrogens is 497 g/mol. The number of ether oxygens (including phenoxy) is 2. The summed E-state index contributed by atoms with van der Waals surface area (Å²) in [5, 5.41) is 26.7. The number of carbonyl (C=O) groups excluding carboxylic acids is 1. The largest absolute Gasteiger partial charge is 0.495 e. The number of anilines is 1. The van der Waals surface area contributed by atoms with Crippen LogP contribution in [0.1, 0.15) is 17.4 Å². The first-order valence-corrected chi connectivity index (χ1v) is 11.8. The fourth-order valence-corrected chi connectivity index (χ4v) is 4.27. The standard InChI is InChI=1S/C25H26FN7O5/c1-12-4-5-16(26)13(6-12)9-29-22-17-23(32-21(31-22)14-7-15(37-3)10-28-8-14)33(11-30-17)25-19(35)18(34)20(38-25)24(36)27-2/h4-8,10-11,18-20,25,34-35H,9H2,1-3H3,(H,27,36)(H,29,31,32). The summed E-state index contributed by atoms with van der Waals surface area (Å²) in [6.07, 6.45) is -0.894. The van der Waals surface area contributed by atoms with Gasteiger partial charge in [0.1, 0.15) is 23.8 Å². The highest BCUT2D eigenvalue weighted by Gasteiger charge is 2.47. The van der Waals surface area contributed by atoms with Crippen LogP contribution in [0.5, 0.6) is 5.75 Å². The maximum absolute atomic E-state index is 14.4. The molecule has 4 N–H and O–H groups in total. The molecule has 4 unspecified atom stereocenters. The van der Waals surface area contributed by atoms with Crippen LogP contribution in [0.15, 0.2) is 43.0 Å². The summed E-state index contributed by atoms with van der Waals surface area (Å²) in [4.78, 5) is 30.0. The topological polar surface area (TPSA) is 157 Å². The lowest BCUT2D eigenvalue weighted by molar-refractivity contribution is -0.137. The number of fused-ring (bicyclic) bond motifs is 1. The molecule has 3 aromatic heterocycles. The number of hydrogen-bond acceptors (Lipinski definition) is 10. The molecule has 198 valence electrons. The smallest absolute Gasteiger partial charge is 0.251 e. The first kappa shape index (κ1) is 25.4. The van der Waals surface area contributed by atoms with Gasteiger partial charge in [-0.3, -0.25) is 14.3 Å². The molecule has 1 fully saturated rings. The minimum Gasteiger partial charge on any atom is -0.495 e. The number of aliphatic hydroxyl groups is 2. The maximum Gasteiger partial charge on any atom is 0.251 e. The third kappa shape index (κ3) is 4.62. The van der Waals surface area contributed by atoms with Crippen LogP contribution in [0.2, 0.25) is 0 Å². The Morgan fingerprint density at radius 1 is 1.21 bits per heavy atom. The lowest BCUT2D eigenvalue weighted by Gasteiger charge is -2.17. The quantitative estimate of drug-likeness (QED) is 0.279. The van der Waals surface area contributed by atoms with Gasteiger partial charge in [-0.1, -0.05) is 17.7 Å². The molecule has 13 heteroatoms. The van der Waals surface area contributed by atoms with Crippen LogP contribution in [-0.4, -0.2) is 73.1 Å². The van der Waals surface area contributed by atoms with Gasteiger partial charge in [-0.05, 0) is 19.1 Å². The Kier molecular flexibility index (Phi) is 6.89. The van der Waals surface area contributed by atoms with Crippen molar-refractivity contribution in [2.24, 2.45) is 0 Å². The van der Waals surface area contributed by atoms with Gasteiger partial charge < -0.3 is 30.3 Å². The third-order valence-electron chi connectivity index (χ3n) is 6.29. The molecule has 0 radical (unpaired) electrons. The van der Waals surface area contributed by atoms with Crippen molar-refractivity contribution in [1.29, 1.82) is 0 Å². The Labute approximate surface area is 216 Å². The van der Waals surface area contributed by atoms with Crippen molar-refractivity contribution in [1.82, 2.24) is 29.8 Å². The van der Waals surface area contributed by atoms with E-state index in [9.17, 15) is 19.4 Å². The summed E-state index contributed by atoms with van der Waals surface area (Å²) in [5.41, 5.74) is 2.43. The van der Waals surface area contributed by atoms with Gasteiger partial charge in [0.15, 0.2) is 35.1 Å². The Morgan fingerprint density at radius 2 is 2.03 bits per heavy atom. The predicted octanol–water partition coefficient (Wildman–Crippen LogP) is 1.32. The first-order chi connectivity index (χ1) is 18.3. The van der Waals surface area contributed by atoms with Crippen molar-refractivity contribution in [3.05, 3.63) is 59.9 Å². The van der Waals surface area contributed by atoms with Crippen molar-refractivity contribution in [3.63, 3.8) is 0 Å². The molecule has 0 aliphatic carbocycles. The van der Waals surface area contributed by atoms with E-state index in [0.29, 0.717) is 28.2 Å². The van der Waals surface area contributed by atoms with Crippen molar-refractivity contribution < 1.29 is 28.9 Å². The number of hydrogen-bond donors (Lipinski definition) is 4. The zero-order chi connectivity index (χ0) is 27.0. The number of aliphatic hydroxyl groups excluding tert-OH is 2. The Morgan fingerprint density at radius 3 is 2.79 bits per heavy atom. The minimum absolute atomic E-state index is 0.113. The number of nitrogens with one attached hydrogen (secondary N) is 2. The van der Waals surface area contributed by atoms with Crippen LogP contribution < -0.4 is 15.4 Å². The number of amides is 1. The SMILES string of the molecule is CNC(=O)C1OC(n2cnc3c(NCc4cc(C)ccc4F)nc(-c4cncc(OC)c4)nc32)C(O)C1O. The normalized spacial score (nSPS) is 21.0. The molecule has 5 rings (SSSR count). The van der Waals surface area contributed by atoms with Gasteiger partial charge in [0.25, 0.3) is 5.91 Å². The molecule has 1 amide bonds. The number of rotatable bonds is 7. The number of carbonyl (C=O) groups is 1. The number of benzene rings is 1. The highest BCUT2D eigenvalue weighted by molar-refractivity contribution is 5.85. The van der Waals surface area contributed by atoms with Gasteiger partial charge in [0.05, 0.1) is 19.6 Å². The Balaban J connectivity index is 1.59.